The van der Waals surface area contributed by atoms with Crippen LogP contribution in [0.3, 0.4) is 0 Å². The van der Waals surface area contributed by atoms with E-state index in [1.165, 1.54) is 11.1 Å². The van der Waals surface area contributed by atoms with E-state index in [0.717, 1.165) is 39.5 Å². The van der Waals surface area contributed by atoms with Gasteiger partial charge in [-0.05, 0) is 34.9 Å². The van der Waals surface area contributed by atoms with Crippen molar-refractivity contribution in [2.45, 2.75) is 6.61 Å². The first-order chi connectivity index (χ1) is 19.3. The van der Waals surface area contributed by atoms with E-state index < -0.39 is 0 Å². The molecule has 0 aliphatic carbocycles. The van der Waals surface area contributed by atoms with Crippen molar-refractivity contribution in [1.29, 1.82) is 0 Å². The molecule has 39 heavy (non-hydrogen) atoms. The summed E-state index contributed by atoms with van der Waals surface area (Å²) in [5, 5.41) is 0. The van der Waals surface area contributed by atoms with Crippen LogP contribution in [0.5, 0.6) is 11.5 Å². The van der Waals surface area contributed by atoms with Crippen LogP contribution in [-0.2, 0) is 6.61 Å². The molecule has 6 aromatic rings. The van der Waals surface area contributed by atoms with Crippen LogP contribution in [0.4, 0.5) is 0 Å². The summed E-state index contributed by atoms with van der Waals surface area (Å²) in [7, 11) is 1.66. The molecule has 0 atom stereocenters. The minimum absolute atomic E-state index is 0.471. The van der Waals surface area contributed by atoms with Crippen LogP contribution in [0.15, 0.2) is 133 Å². The number of nitrogens with one attached hydrogen (secondary N) is 1. The van der Waals surface area contributed by atoms with Gasteiger partial charge in [-0.25, -0.2) is 4.98 Å². The SMILES string of the molecule is COc1cc(-c2nc(-c3ccccc3)c(-c3ccc(-c4ccccc4)cc3)[nH]2)ccc1OCc1ccccc1. The molecule has 0 aliphatic rings. The van der Waals surface area contributed by atoms with Crippen molar-refractivity contribution in [3.63, 3.8) is 0 Å². The fourth-order valence-corrected chi connectivity index (χ4v) is 4.65. The van der Waals surface area contributed by atoms with Gasteiger partial charge in [-0.3, -0.25) is 0 Å². The third-order valence-corrected chi connectivity index (χ3v) is 6.71. The number of aromatic nitrogens is 2. The number of H-pyrrole nitrogens is 1. The molecule has 0 saturated carbocycles. The van der Waals surface area contributed by atoms with Crippen LogP contribution in [0.2, 0.25) is 0 Å². The molecule has 0 saturated heterocycles. The van der Waals surface area contributed by atoms with Gasteiger partial charge in [0.15, 0.2) is 11.5 Å². The molecule has 5 aromatic carbocycles. The normalized spacial score (nSPS) is 10.8. The minimum atomic E-state index is 0.471. The Hall–Kier alpha value is -5.09. The second kappa shape index (κ2) is 11.1. The van der Waals surface area contributed by atoms with E-state index in [0.29, 0.717) is 18.1 Å². The van der Waals surface area contributed by atoms with Crippen LogP contribution in [0.25, 0.3) is 45.0 Å². The molecule has 0 spiro atoms. The Morgan fingerprint density at radius 3 is 1.79 bits per heavy atom. The van der Waals surface area contributed by atoms with Crippen molar-refractivity contribution in [3.05, 3.63) is 139 Å². The van der Waals surface area contributed by atoms with Crippen molar-refractivity contribution < 1.29 is 9.47 Å². The van der Waals surface area contributed by atoms with Gasteiger partial charge < -0.3 is 14.5 Å². The summed E-state index contributed by atoms with van der Waals surface area (Å²) in [6.45, 7) is 0.471. The highest BCUT2D eigenvalue weighted by molar-refractivity contribution is 5.82. The van der Waals surface area contributed by atoms with E-state index in [1.807, 2.05) is 72.8 Å². The standard InChI is InChI=1S/C35H28N2O2/c1-38-32-23-30(21-22-31(32)39-24-25-11-5-2-6-12-25)35-36-33(28-15-9-4-10-16-28)34(37-35)29-19-17-27(18-20-29)26-13-7-3-8-14-26/h2-23H,24H2,1H3,(H,36,37). The van der Waals surface area contributed by atoms with Gasteiger partial charge in [-0.1, -0.05) is 115 Å². The minimum Gasteiger partial charge on any atom is -0.493 e. The number of rotatable bonds is 8. The van der Waals surface area contributed by atoms with E-state index >= 15 is 0 Å². The van der Waals surface area contributed by atoms with Gasteiger partial charge in [0, 0.05) is 16.7 Å². The Morgan fingerprint density at radius 1 is 0.564 bits per heavy atom. The largest absolute Gasteiger partial charge is 0.493 e. The summed E-state index contributed by atoms with van der Waals surface area (Å²) in [6.07, 6.45) is 0. The molecule has 190 valence electrons. The molecule has 6 rings (SSSR count). The second-order valence-corrected chi connectivity index (χ2v) is 9.26. The van der Waals surface area contributed by atoms with Gasteiger partial charge in [0.25, 0.3) is 0 Å². The van der Waals surface area contributed by atoms with Crippen LogP contribution in [0, 0.1) is 0 Å². The summed E-state index contributed by atoms with van der Waals surface area (Å²) in [5.74, 6) is 2.12. The molecule has 0 radical (unpaired) electrons. The highest BCUT2D eigenvalue weighted by Crippen LogP contribution is 2.37. The Bertz CT molecular complexity index is 1660. The van der Waals surface area contributed by atoms with Crippen molar-refractivity contribution in [2.75, 3.05) is 7.11 Å². The Morgan fingerprint density at radius 2 is 1.13 bits per heavy atom. The van der Waals surface area contributed by atoms with E-state index in [4.69, 9.17) is 14.5 Å². The molecule has 0 fully saturated rings. The van der Waals surface area contributed by atoms with Gasteiger partial charge >= 0.3 is 0 Å². The summed E-state index contributed by atoms with van der Waals surface area (Å²) in [6, 6.07) is 45.3. The molecular weight excluding hydrogens is 480 g/mol. The molecule has 1 heterocycles. The van der Waals surface area contributed by atoms with Crippen molar-refractivity contribution in [2.24, 2.45) is 0 Å². The lowest BCUT2D eigenvalue weighted by atomic mass is 10.0. The molecule has 0 bridgehead atoms. The summed E-state index contributed by atoms with van der Waals surface area (Å²) in [4.78, 5) is 8.65. The zero-order valence-corrected chi connectivity index (χ0v) is 21.7. The van der Waals surface area contributed by atoms with Crippen molar-refractivity contribution >= 4 is 0 Å². The number of nitrogens with zero attached hydrogens (tertiary/aromatic N) is 1. The first-order valence-electron chi connectivity index (χ1n) is 12.9. The number of methoxy groups -OCH3 is 1. The van der Waals surface area contributed by atoms with E-state index in [1.54, 1.807) is 7.11 Å². The molecule has 0 unspecified atom stereocenters. The lowest BCUT2D eigenvalue weighted by molar-refractivity contribution is 0.284. The zero-order chi connectivity index (χ0) is 26.4. The lowest BCUT2D eigenvalue weighted by Gasteiger charge is -2.12. The van der Waals surface area contributed by atoms with Gasteiger partial charge in [0.2, 0.25) is 0 Å². The smallest absolute Gasteiger partial charge is 0.161 e. The van der Waals surface area contributed by atoms with E-state index in [9.17, 15) is 0 Å². The maximum Gasteiger partial charge on any atom is 0.161 e. The third-order valence-electron chi connectivity index (χ3n) is 6.71. The summed E-state index contributed by atoms with van der Waals surface area (Å²) < 4.78 is 11.8. The second-order valence-electron chi connectivity index (χ2n) is 9.26. The van der Waals surface area contributed by atoms with Crippen molar-refractivity contribution in [1.82, 2.24) is 9.97 Å². The molecule has 1 N–H and O–H groups in total. The predicted octanol–water partition coefficient (Wildman–Crippen LogP) is 8.67. The molecule has 4 heteroatoms. The molecule has 0 amide bonds. The molecule has 0 aliphatic heterocycles. The van der Waals surface area contributed by atoms with Crippen LogP contribution in [0.1, 0.15) is 5.56 Å². The fraction of sp³-hybridized carbons (Fsp3) is 0.0571. The number of imidazole rings is 1. The maximum atomic E-state index is 6.06. The quantitative estimate of drug-likeness (QED) is 0.224. The third kappa shape index (κ3) is 5.32. The highest BCUT2D eigenvalue weighted by atomic mass is 16.5. The van der Waals surface area contributed by atoms with Gasteiger partial charge in [0.05, 0.1) is 18.5 Å². The zero-order valence-electron chi connectivity index (χ0n) is 21.7. The van der Waals surface area contributed by atoms with Crippen LogP contribution < -0.4 is 9.47 Å². The summed E-state index contributed by atoms with van der Waals surface area (Å²) >= 11 is 0. The van der Waals surface area contributed by atoms with Gasteiger partial charge in [0.1, 0.15) is 12.4 Å². The van der Waals surface area contributed by atoms with Gasteiger partial charge in [-0.2, -0.15) is 0 Å². The molecule has 1 aromatic heterocycles. The highest BCUT2D eigenvalue weighted by Gasteiger charge is 2.17. The number of ether oxygens (including phenoxy) is 2. The molecule has 4 nitrogen and oxygen atoms in total. The van der Waals surface area contributed by atoms with Crippen LogP contribution >= 0.6 is 0 Å². The van der Waals surface area contributed by atoms with Gasteiger partial charge in [-0.15, -0.1) is 0 Å². The number of aromatic amines is 1. The monoisotopic (exact) mass is 508 g/mol. The average molecular weight is 509 g/mol. The average Bonchev–Trinajstić information content (AvgIpc) is 3.47. The Kier molecular flexibility index (Phi) is 6.91. The molecular formula is C35H28N2O2. The van der Waals surface area contributed by atoms with E-state index in [-0.39, 0.29) is 0 Å². The Balaban J connectivity index is 1.35. The first-order valence-corrected chi connectivity index (χ1v) is 12.9. The number of hydrogen-bond donors (Lipinski definition) is 1. The summed E-state index contributed by atoms with van der Waals surface area (Å²) in [5.41, 5.74) is 8.39. The topological polar surface area (TPSA) is 47.1 Å². The van der Waals surface area contributed by atoms with E-state index in [2.05, 4.69) is 65.6 Å². The first kappa shape index (κ1) is 24.3. The lowest BCUT2D eigenvalue weighted by Crippen LogP contribution is -1.98. The number of hydrogen-bond acceptors (Lipinski definition) is 3. The predicted molar refractivity (Wildman–Crippen MR) is 158 cm³/mol. The maximum absolute atomic E-state index is 6.06. The number of benzene rings is 5. The Labute approximate surface area is 228 Å². The fourth-order valence-electron chi connectivity index (χ4n) is 4.65. The van der Waals surface area contributed by atoms with Crippen molar-refractivity contribution in [3.8, 4) is 56.5 Å². The van der Waals surface area contributed by atoms with Crippen LogP contribution in [-0.4, -0.2) is 17.1 Å².